The zero-order valence-electron chi connectivity index (χ0n) is 14.4. The third-order valence-electron chi connectivity index (χ3n) is 3.79. The van der Waals surface area contributed by atoms with Crippen molar-refractivity contribution < 1.29 is 18.1 Å². The van der Waals surface area contributed by atoms with Crippen LogP contribution < -0.4 is 10.0 Å². The van der Waals surface area contributed by atoms with Crippen molar-refractivity contribution in [3.05, 3.63) is 94.5 Å². The van der Waals surface area contributed by atoms with E-state index < -0.39 is 14.9 Å². The molecule has 0 aliphatic heterocycles. The maximum atomic E-state index is 12.4. The fourth-order valence-corrected chi connectivity index (χ4v) is 3.43. The van der Waals surface area contributed by atoms with Crippen molar-refractivity contribution in [2.24, 2.45) is 0 Å². The van der Waals surface area contributed by atoms with E-state index in [0.29, 0.717) is 11.3 Å². The molecule has 0 saturated heterocycles. The molecule has 142 valence electrons. The van der Waals surface area contributed by atoms with Gasteiger partial charge in [0.1, 0.15) is 0 Å². The second-order valence-corrected chi connectivity index (χ2v) is 7.44. The summed E-state index contributed by atoms with van der Waals surface area (Å²) in [6, 6.07) is 19.4. The number of nitro groups is 1. The minimum absolute atomic E-state index is 0.0976. The highest BCUT2D eigenvalue weighted by molar-refractivity contribution is 7.92. The third-order valence-corrected chi connectivity index (χ3v) is 5.19. The number of sulfonamides is 1. The zero-order valence-corrected chi connectivity index (χ0v) is 15.2. The molecule has 8 nitrogen and oxygen atoms in total. The number of nitrogens with zero attached hydrogens (tertiary/aromatic N) is 1. The molecule has 2 N–H and O–H groups in total. The van der Waals surface area contributed by atoms with Crippen molar-refractivity contribution in [2.45, 2.75) is 4.90 Å². The molecule has 0 aromatic heterocycles. The average molecular weight is 397 g/mol. The third kappa shape index (κ3) is 4.51. The Morgan fingerprint density at radius 3 is 1.96 bits per heavy atom. The highest BCUT2D eigenvalue weighted by atomic mass is 32.2. The lowest BCUT2D eigenvalue weighted by Crippen LogP contribution is -2.13. The van der Waals surface area contributed by atoms with Gasteiger partial charge in [0, 0.05) is 29.1 Å². The lowest BCUT2D eigenvalue weighted by molar-refractivity contribution is -0.384. The Morgan fingerprint density at radius 1 is 0.821 bits per heavy atom. The van der Waals surface area contributed by atoms with E-state index in [1.165, 1.54) is 12.1 Å². The monoisotopic (exact) mass is 397 g/mol. The van der Waals surface area contributed by atoms with Crippen molar-refractivity contribution >= 4 is 33.0 Å². The lowest BCUT2D eigenvalue weighted by Gasteiger charge is -2.10. The Kier molecular flexibility index (Phi) is 5.37. The van der Waals surface area contributed by atoms with Gasteiger partial charge < -0.3 is 5.32 Å². The SMILES string of the molecule is O=C(Nc1ccc(NS(=O)(=O)c2ccc([N+](=O)[O-])cc2)cc1)c1ccccc1. The van der Waals surface area contributed by atoms with Crippen LogP contribution in [0, 0.1) is 10.1 Å². The summed E-state index contributed by atoms with van der Waals surface area (Å²) in [6.07, 6.45) is 0. The Hall–Kier alpha value is -3.72. The Morgan fingerprint density at radius 2 is 1.39 bits per heavy atom. The van der Waals surface area contributed by atoms with Gasteiger partial charge in [0.2, 0.25) is 0 Å². The number of benzene rings is 3. The van der Waals surface area contributed by atoms with Crippen molar-refractivity contribution in [3.63, 3.8) is 0 Å². The van der Waals surface area contributed by atoms with Gasteiger partial charge in [-0.25, -0.2) is 8.42 Å². The van der Waals surface area contributed by atoms with Crippen LogP contribution in [0.25, 0.3) is 0 Å². The minimum Gasteiger partial charge on any atom is -0.322 e. The maximum absolute atomic E-state index is 12.4. The number of anilines is 2. The van der Waals surface area contributed by atoms with E-state index in [-0.39, 0.29) is 22.2 Å². The molecule has 0 aliphatic rings. The molecule has 9 heteroatoms. The quantitative estimate of drug-likeness (QED) is 0.486. The summed E-state index contributed by atoms with van der Waals surface area (Å²) >= 11 is 0. The number of hydrogen-bond acceptors (Lipinski definition) is 5. The normalized spacial score (nSPS) is 10.9. The zero-order chi connectivity index (χ0) is 20.1. The predicted octanol–water partition coefficient (Wildman–Crippen LogP) is 3.65. The van der Waals surface area contributed by atoms with Crippen molar-refractivity contribution in [3.8, 4) is 0 Å². The van der Waals surface area contributed by atoms with Gasteiger partial charge in [-0.15, -0.1) is 0 Å². The Balaban J connectivity index is 1.69. The lowest BCUT2D eigenvalue weighted by atomic mass is 10.2. The van der Waals surface area contributed by atoms with Gasteiger partial charge in [-0.1, -0.05) is 18.2 Å². The molecule has 0 aliphatic carbocycles. The fraction of sp³-hybridized carbons (Fsp3) is 0. The molecule has 0 radical (unpaired) electrons. The summed E-state index contributed by atoms with van der Waals surface area (Å²) in [6.45, 7) is 0. The number of hydrogen-bond donors (Lipinski definition) is 2. The van der Waals surface area contributed by atoms with E-state index in [2.05, 4.69) is 10.0 Å². The Labute approximate surface area is 161 Å². The van der Waals surface area contributed by atoms with E-state index in [4.69, 9.17) is 0 Å². The van der Waals surface area contributed by atoms with Gasteiger partial charge in [0.25, 0.3) is 21.6 Å². The molecule has 0 fully saturated rings. The number of non-ortho nitro benzene ring substituents is 1. The van der Waals surface area contributed by atoms with Crippen LogP contribution in [-0.4, -0.2) is 19.2 Å². The van der Waals surface area contributed by atoms with Gasteiger partial charge in [-0.05, 0) is 48.5 Å². The number of nitro benzene ring substituents is 1. The summed E-state index contributed by atoms with van der Waals surface area (Å²) in [7, 11) is -3.89. The first-order chi connectivity index (χ1) is 13.3. The van der Waals surface area contributed by atoms with E-state index >= 15 is 0 Å². The molecule has 0 bridgehead atoms. The molecule has 28 heavy (non-hydrogen) atoms. The molecule has 3 aromatic carbocycles. The standard InChI is InChI=1S/C19H15N3O5S/c23-19(14-4-2-1-3-5-14)20-15-6-8-16(9-7-15)21-28(26,27)18-12-10-17(11-13-18)22(24)25/h1-13,21H,(H,20,23). The number of amides is 1. The van der Waals surface area contributed by atoms with Crippen molar-refractivity contribution in [1.82, 2.24) is 0 Å². The van der Waals surface area contributed by atoms with E-state index in [1.807, 2.05) is 6.07 Å². The molecule has 0 atom stereocenters. The molecule has 0 spiro atoms. The molecular formula is C19H15N3O5S. The smallest absolute Gasteiger partial charge is 0.269 e. The number of carbonyl (C=O) groups is 1. The summed E-state index contributed by atoms with van der Waals surface area (Å²) in [4.78, 5) is 22.1. The highest BCUT2D eigenvalue weighted by Crippen LogP contribution is 2.21. The first kappa shape index (κ1) is 19.1. The average Bonchev–Trinajstić information content (AvgIpc) is 2.70. The molecule has 0 unspecified atom stereocenters. The number of nitrogens with one attached hydrogen (secondary N) is 2. The van der Waals surface area contributed by atoms with Crippen LogP contribution in [0.2, 0.25) is 0 Å². The van der Waals surface area contributed by atoms with Crippen LogP contribution in [0.5, 0.6) is 0 Å². The van der Waals surface area contributed by atoms with E-state index in [1.54, 1.807) is 36.4 Å². The Bertz CT molecular complexity index is 1100. The van der Waals surface area contributed by atoms with Crippen LogP contribution in [0.1, 0.15) is 10.4 Å². The van der Waals surface area contributed by atoms with Gasteiger partial charge in [-0.3, -0.25) is 19.6 Å². The van der Waals surface area contributed by atoms with Gasteiger partial charge in [0.05, 0.1) is 9.82 Å². The van der Waals surface area contributed by atoms with E-state index in [9.17, 15) is 23.3 Å². The summed E-state index contributed by atoms with van der Waals surface area (Å²) in [5.74, 6) is -0.278. The predicted molar refractivity (Wildman–Crippen MR) is 105 cm³/mol. The largest absolute Gasteiger partial charge is 0.322 e. The first-order valence-corrected chi connectivity index (χ1v) is 9.57. The van der Waals surface area contributed by atoms with Gasteiger partial charge in [-0.2, -0.15) is 0 Å². The highest BCUT2D eigenvalue weighted by Gasteiger charge is 2.16. The second kappa shape index (κ2) is 7.89. The maximum Gasteiger partial charge on any atom is 0.269 e. The van der Waals surface area contributed by atoms with Gasteiger partial charge in [0.15, 0.2) is 0 Å². The molecular weight excluding hydrogens is 382 g/mol. The molecule has 0 heterocycles. The van der Waals surface area contributed by atoms with Crippen molar-refractivity contribution in [1.29, 1.82) is 0 Å². The fourth-order valence-electron chi connectivity index (χ4n) is 2.38. The molecule has 1 amide bonds. The summed E-state index contributed by atoms with van der Waals surface area (Å²) in [5.41, 5.74) is 1.10. The topological polar surface area (TPSA) is 118 Å². The minimum atomic E-state index is -3.89. The molecule has 3 aromatic rings. The number of carbonyl (C=O) groups excluding carboxylic acids is 1. The van der Waals surface area contributed by atoms with Crippen LogP contribution in [0.4, 0.5) is 17.1 Å². The van der Waals surface area contributed by atoms with E-state index in [0.717, 1.165) is 24.3 Å². The van der Waals surface area contributed by atoms with Crippen molar-refractivity contribution in [2.75, 3.05) is 10.0 Å². The molecule has 0 saturated carbocycles. The first-order valence-electron chi connectivity index (χ1n) is 8.09. The van der Waals surface area contributed by atoms with Crippen LogP contribution in [0.3, 0.4) is 0 Å². The summed E-state index contributed by atoms with van der Waals surface area (Å²) in [5, 5.41) is 13.4. The number of rotatable bonds is 6. The summed E-state index contributed by atoms with van der Waals surface area (Å²) < 4.78 is 27.1. The van der Waals surface area contributed by atoms with Crippen LogP contribution >= 0.6 is 0 Å². The van der Waals surface area contributed by atoms with Crippen LogP contribution in [0.15, 0.2) is 83.8 Å². The second-order valence-electron chi connectivity index (χ2n) is 5.75. The molecule has 3 rings (SSSR count). The van der Waals surface area contributed by atoms with Gasteiger partial charge >= 0.3 is 0 Å². The van der Waals surface area contributed by atoms with Crippen LogP contribution in [-0.2, 0) is 10.0 Å².